The number of aryl methyl sites for hydroxylation is 1. The van der Waals surface area contributed by atoms with Crippen LogP contribution in [0.25, 0.3) is 6.08 Å². The maximum absolute atomic E-state index is 3.84. The van der Waals surface area contributed by atoms with Crippen molar-refractivity contribution >= 4 is 11.8 Å². The predicted octanol–water partition coefficient (Wildman–Crippen LogP) is 5.24. The second-order valence-corrected chi connectivity index (χ2v) is 7.65. The third-order valence-corrected chi connectivity index (χ3v) is 5.49. The van der Waals surface area contributed by atoms with E-state index in [0.717, 1.165) is 6.04 Å². The van der Waals surface area contributed by atoms with Crippen LogP contribution in [0.1, 0.15) is 63.5 Å². The molecule has 2 aliphatic rings. The van der Waals surface area contributed by atoms with Crippen LogP contribution in [-0.4, -0.2) is 30.1 Å². The molecule has 1 saturated carbocycles. The molecule has 0 atom stereocenters. The van der Waals surface area contributed by atoms with E-state index in [1.165, 1.54) is 74.0 Å². The monoisotopic (exact) mass is 312 g/mol. The van der Waals surface area contributed by atoms with Gasteiger partial charge in [-0.15, -0.1) is 0 Å². The van der Waals surface area contributed by atoms with Crippen LogP contribution in [0.4, 0.5) is 5.69 Å². The van der Waals surface area contributed by atoms with E-state index in [2.05, 4.69) is 55.3 Å². The van der Waals surface area contributed by atoms with Crippen LogP contribution in [0.5, 0.6) is 0 Å². The normalized spacial score (nSPS) is 20.7. The van der Waals surface area contributed by atoms with E-state index < -0.39 is 0 Å². The van der Waals surface area contributed by atoms with Crippen molar-refractivity contribution in [3.8, 4) is 0 Å². The molecule has 0 spiro atoms. The number of piperidine rings is 1. The van der Waals surface area contributed by atoms with E-state index in [0.29, 0.717) is 6.04 Å². The number of benzene rings is 1. The van der Waals surface area contributed by atoms with Crippen molar-refractivity contribution in [2.75, 3.05) is 18.4 Å². The Bertz CT molecular complexity index is 543. The molecule has 1 heterocycles. The van der Waals surface area contributed by atoms with Crippen molar-refractivity contribution < 1.29 is 0 Å². The Morgan fingerprint density at radius 3 is 2.43 bits per heavy atom. The van der Waals surface area contributed by atoms with Crippen LogP contribution in [-0.2, 0) is 0 Å². The van der Waals surface area contributed by atoms with E-state index in [1.807, 2.05) is 0 Å². The van der Waals surface area contributed by atoms with Crippen molar-refractivity contribution in [1.29, 1.82) is 0 Å². The van der Waals surface area contributed by atoms with Gasteiger partial charge in [0.15, 0.2) is 0 Å². The minimum Gasteiger partial charge on any atom is -0.382 e. The van der Waals surface area contributed by atoms with Gasteiger partial charge in [-0.1, -0.05) is 36.6 Å². The van der Waals surface area contributed by atoms with Crippen molar-refractivity contribution in [2.24, 2.45) is 0 Å². The number of nitrogens with one attached hydrogen (secondary N) is 1. The first-order valence-corrected chi connectivity index (χ1v) is 9.38. The van der Waals surface area contributed by atoms with E-state index in [-0.39, 0.29) is 0 Å². The fourth-order valence-corrected chi connectivity index (χ4v) is 4.19. The standard InChI is InChI=1S/C21H32N2/c1-16(2)15-20-17(3)7-6-10-21(20)22-18-11-13-23(14-12-18)19-8-4-5-9-19/h6-7,10,15,18-19,22H,4-5,8-9,11-14H2,1-3H3. The van der Waals surface area contributed by atoms with Crippen molar-refractivity contribution in [1.82, 2.24) is 4.90 Å². The number of anilines is 1. The van der Waals surface area contributed by atoms with E-state index >= 15 is 0 Å². The first-order chi connectivity index (χ1) is 11.1. The highest BCUT2D eigenvalue weighted by Crippen LogP contribution is 2.28. The minimum atomic E-state index is 0.624. The molecule has 0 amide bonds. The molecule has 0 radical (unpaired) electrons. The second kappa shape index (κ2) is 7.53. The molecule has 0 unspecified atom stereocenters. The molecule has 2 nitrogen and oxygen atoms in total. The summed E-state index contributed by atoms with van der Waals surface area (Å²) < 4.78 is 0. The van der Waals surface area contributed by atoms with Crippen molar-refractivity contribution in [3.05, 3.63) is 34.9 Å². The van der Waals surface area contributed by atoms with E-state index in [4.69, 9.17) is 0 Å². The maximum Gasteiger partial charge on any atom is 0.0418 e. The average Bonchev–Trinajstić information content (AvgIpc) is 3.05. The van der Waals surface area contributed by atoms with Crippen LogP contribution in [0.15, 0.2) is 23.8 Å². The van der Waals surface area contributed by atoms with Gasteiger partial charge in [-0.3, -0.25) is 0 Å². The molecule has 1 N–H and O–H groups in total. The third-order valence-electron chi connectivity index (χ3n) is 5.49. The number of nitrogens with zero attached hydrogens (tertiary/aromatic N) is 1. The lowest BCUT2D eigenvalue weighted by atomic mass is 9.99. The average molecular weight is 313 g/mol. The quantitative estimate of drug-likeness (QED) is 0.818. The van der Waals surface area contributed by atoms with Crippen LogP contribution in [0.3, 0.4) is 0 Å². The molecule has 1 aliphatic carbocycles. The zero-order chi connectivity index (χ0) is 16.2. The summed E-state index contributed by atoms with van der Waals surface area (Å²) >= 11 is 0. The summed E-state index contributed by atoms with van der Waals surface area (Å²) in [5.74, 6) is 0. The predicted molar refractivity (Wildman–Crippen MR) is 101 cm³/mol. The minimum absolute atomic E-state index is 0.624. The van der Waals surface area contributed by atoms with Crippen molar-refractivity contribution in [3.63, 3.8) is 0 Å². The zero-order valence-electron chi connectivity index (χ0n) is 15.1. The second-order valence-electron chi connectivity index (χ2n) is 7.65. The lowest BCUT2D eigenvalue weighted by molar-refractivity contribution is 0.159. The van der Waals surface area contributed by atoms with Crippen LogP contribution in [0, 0.1) is 6.92 Å². The fourth-order valence-electron chi connectivity index (χ4n) is 4.19. The van der Waals surface area contributed by atoms with E-state index in [9.17, 15) is 0 Å². The Morgan fingerprint density at radius 2 is 1.78 bits per heavy atom. The zero-order valence-corrected chi connectivity index (χ0v) is 15.1. The molecule has 1 aliphatic heterocycles. The summed E-state index contributed by atoms with van der Waals surface area (Å²) in [6.07, 6.45) is 10.6. The Morgan fingerprint density at radius 1 is 1.09 bits per heavy atom. The topological polar surface area (TPSA) is 15.3 Å². The Labute approximate surface area is 142 Å². The van der Waals surface area contributed by atoms with Gasteiger partial charge in [0.2, 0.25) is 0 Å². The van der Waals surface area contributed by atoms with E-state index in [1.54, 1.807) is 0 Å². The lowest BCUT2D eigenvalue weighted by Crippen LogP contribution is -2.43. The summed E-state index contributed by atoms with van der Waals surface area (Å²) in [5.41, 5.74) is 5.40. The van der Waals surface area contributed by atoms with Gasteiger partial charge >= 0.3 is 0 Å². The van der Waals surface area contributed by atoms with Gasteiger partial charge in [0.05, 0.1) is 0 Å². The molecule has 1 aromatic carbocycles. The molecular weight excluding hydrogens is 280 g/mol. The van der Waals surface area contributed by atoms with Gasteiger partial charge < -0.3 is 10.2 Å². The number of hydrogen-bond acceptors (Lipinski definition) is 2. The van der Waals surface area contributed by atoms with Gasteiger partial charge in [-0.2, -0.15) is 0 Å². The molecule has 2 heteroatoms. The summed E-state index contributed by atoms with van der Waals surface area (Å²) in [5, 5.41) is 3.84. The largest absolute Gasteiger partial charge is 0.382 e. The van der Waals surface area contributed by atoms with Gasteiger partial charge in [-0.05, 0) is 58.1 Å². The number of allylic oxidation sites excluding steroid dienone is 1. The number of likely N-dealkylation sites (tertiary alicyclic amines) is 1. The maximum atomic E-state index is 3.84. The third kappa shape index (κ3) is 4.17. The molecular formula is C21H32N2. The molecule has 1 saturated heterocycles. The summed E-state index contributed by atoms with van der Waals surface area (Å²) in [7, 11) is 0. The summed E-state index contributed by atoms with van der Waals surface area (Å²) in [6.45, 7) is 9.10. The highest BCUT2D eigenvalue weighted by molar-refractivity contribution is 5.70. The van der Waals surface area contributed by atoms with Crippen LogP contribution >= 0.6 is 0 Å². The molecule has 23 heavy (non-hydrogen) atoms. The van der Waals surface area contributed by atoms with Gasteiger partial charge in [0, 0.05) is 36.4 Å². The van der Waals surface area contributed by atoms with Gasteiger partial charge in [-0.25, -0.2) is 0 Å². The SMILES string of the molecule is CC(C)=Cc1c(C)cccc1NC1CCN(C2CCCC2)CC1. The number of hydrogen-bond donors (Lipinski definition) is 1. The Balaban J connectivity index is 1.62. The molecule has 2 fully saturated rings. The lowest BCUT2D eigenvalue weighted by Gasteiger charge is -2.36. The molecule has 0 bridgehead atoms. The fraction of sp³-hybridized carbons (Fsp3) is 0.619. The Kier molecular flexibility index (Phi) is 5.42. The van der Waals surface area contributed by atoms with Gasteiger partial charge in [0.1, 0.15) is 0 Å². The first kappa shape index (κ1) is 16.6. The Hall–Kier alpha value is -1.28. The first-order valence-electron chi connectivity index (χ1n) is 9.38. The van der Waals surface area contributed by atoms with Gasteiger partial charge in [0.25, 0.3) is 0 Å². The summed E-state index contributed by atoms with van der Waals surface area (Å²) in [6, 6.07) is 8.14. The highest BCUT2D eigenvalue weighted by Gasteiger charge is 2.27. The molecule has 3 rings (SSSR count). The highest BCUT2D eigenvalue weighted by atomic mass is 15.2. The van der Waals surface area contributed by atoms with Crippen molar-refractivity contribution in [2.45, 2.75) is 71.4 Å². The smallest absolute Gasteiger partial charge is 0.0418 e. The summed E-state index contributed by atoms with van der Waals surface area (Å²) in [4.78, 5) is 2.75. The van der Waals surface area contributed by atoms with Crippen LogP contribution in [0.2, 0.25) is 0 Å². The molecule has 0 aromatic heterocycles. The molecule has 1 aromatic rings. The molecule has 126 valence electrons. The van der Waals surface area contributed by atoms with Crippen LogP contribution < -0.4 is 5.32 Å². The number of rotatable bonds is 4.